The van der Waals surface area contributed by atoms with Crippen LogP contribution in [0.25, 0.3) is 0 Å². The molecule has 1 atom stereocenters. The number of rotatable bonds is 2. The van der Waals surface area contributed by atoms with E-state index in [0.29, 0.717) is 11.6 Å². The van der Waals surface area contributed by atoms with Gasteiger partial charge in [-0.15, -0.1) is 11.3 Å². The zero-order chi connectivity index (χ0) is 14.2. The van der Waals surface area contributed by atoms with Crippen molar-refractivity contribution in [2.75, 3.05) is 13.1 Å². The fraction of sp³-hybridized carbons (Fsp3) is 0.812. The second kappa shape index (κ2) is 5.39. The molecule has 3 nitrogen and oxygen atoms in total. The molecule has 1 saturated heterocycles. The van der Waals surface area contributed by atoms with E-state index in [0.717, 1.165) is 6.54 Å². The van der Waals surface area contributed by atoms with Crippen molar-refractivity contribution in [1.82, 2.24) is 15.2 Å². The highest BCUT2D eigenvalue weighted by Crippen LogP contribution is 2.38. The average Bonchev–Trinajstić information content (AvgIpc) is 2.98. The Balaban J connectivity index is 1.83. The van der Waals surface area contributed by atoms with Crippen molar-refractivity contribution in [2.24, 2.45) is 0 Å². The lowest BCUT2D eigenvalue weighted by Crippen LogP contribution is -2.67. The van der Waals surface area contributed by atoms with E-state index in [1.807, 2.05) is 6.20 Å². The summed E-state index contributed by atoms with van der Waals surface area (Å²) in [6, 6.07) is 0.571. The van der Waals surface area contributed by atoms with E-state index in [1.54, 1.807) is 11.3 Å². The van der Waals surface area contributed by atoms with Crippen molar-refractivity contribution in [2.45, 2.75) is 70.0 Å². The van der Waals surface area contributed by atoms with Crippen LogP contribution in [0.5, 0.6) is 0 Å². The highest BCUT2D eigenvalue weighted by Gasteiger charge is 2.44. The summed E-state index contributed by atoms with van der Waals surface area (Å²) in [6.45, 7) is 9.29. The van der Waals surface area contributed by atoms with E-state index in [2.05, 4.69) is 41.4 Å². The van der Waals surface area contributed by atoms with Crippen LogP contribution in [0.2, 0.25) is 0 Å². The van der Waals surface area contributed by atoms with Crippen LogP contribution in [0.15, 0.2) is 11.6 Å². The minimum atomic E-state index is 0.0418. The Morgan fingerprint density at radius 2 is 2.10 bits per heavy atom. The Morgan fingerprint density at radius 3 is 2.75 bits per heavy atom. The van der Waals surface area contributed by atoms with E-state index >= 15 is 0 Å². The Kier molecular flexibility index (Phi) is 3.91. The second-order valence-corrected chi connectivity index (χ2v) is 7.99. The molecule has 1 saturated carbocycles. The first-order valence-electron chi connectivity index (χ1n) is 7.95. The summed E-state index contributed by atoms with van der Waals surface area (Å²) in [7, 11) is 0. The Bertz CT molecular complexity index is 435. The molecule has 1 spiro atoms. The summed E-state index contributed by atoms with van der Waals surface area (Å²) < 4.78 is 0. The zero-order valence-corrected chi connectivity index (χ0v) is 13.8. The monoisotopic (exact) mass is 293 g/mol. The van der Waals surface area contributed by atoms with Gasteiger partial charge in [0, 0.05) is 36.2 Å². The Labute approximate surface area is 126 Å². The van der Waals surface area contributed by atoms with Crippen molar-refractivity contribution >= 4 is 11.3 Å². The van der Waals surface area contributed by atoms with Crippen LogP contribution in [-0.4, -0.2) is 34.6 Å². The fourth-order valence-electron chi connectivity index (χ4n) is 3.97. The molecule has 0 bridgehead atoms. The van der Waals surface area contributed by atoms with E-state index < -0.39 is 0 Å². The van der Waals surface area contributed by atoms with Gasteiger partial charge in [-0.2, -0.15) is 0 Å². The largest absolute Gasteiger partial charge is 0.308 e. The summed E-state index contributed by atoms with van der Waals surface area (Å²) in [5.41, 5.74) is 0.402. The quantitative estimate of drug-likeness (QED) is 0.906. The van der Waals surface area contributed by atoms with Crippen LogP contribution in [0.4, 0.5) is 0 Å². The van der Waals surface area contributed by atoms with E-state index in [-0.39, 0.29) is 5.54 Å². The summed E-state index contributed by atoms with van der Waals surface area (Å²) >= 11 is 1.79. The zero-order valence-electron chi connectivity index (χ0n) is 13.0. The fourth-order valence-corrected chi connectivity index (χ4v) is 4.75. The topological polar surface area (TPSA) is 28.2 Å². The van der Waals surface area contributed by atoms with Crippen molar-refractivity contribution < 1.29 is 0 Å². The molecule has 0 radical (unpaired) electrons. The van der Waals surface area contributed by atoms with Crippen LogP contribution >= 0.6 is 11.3 Å². The van der Waals surface area contributed by atoms with Gasteiger partial charge >= 0.3 is 0 Å². The molecule has 2 fully saturated rings. The normalized spacial score (nSPS) is 27.9. The lowest BCUT2D eigenvalue weighted by Gasteiger charge is -2.53. The SMILES string of the molecule is CC1CNC2(CCCCC2)CN1C(C)(C)c1nccs1. The van der Waals surface area contributed by atoms with Crippen LogP contribution in [0, 0.1) is 0 Å². The molecule has 0 amide bonds. The number of nitrogens with one attached hydrogen (secondary N) is 1. The first-order valence-corrected chi connectivity index (χ1v) is 8.83. The smallest absolute Gasteiger partial charge is 0.112 e. The highest BCUT2D eigenvalue weighted by atomic mass is 32.1. The molecule has 1 aromatic heterocycles. The molecule has 112 valence electrons. The van der Waals surface area contributed by atoms with Gasteiger partial charge in [0.1, 0.15) is 5.01 Å². The maximum atomic E-state index is 4.59. The van der Waals surface area contributed by atoms with Crippen molar-refractivity contribution in [3.05, 3.63) is 16.6 Å². The number of hydrogen-bond donors (Lipinski definition) is 1. The van der Waals surface area contributed by atoms with Gasteiger partial charge in [-0.1, -0.05) is 19.3 Å². The average molecular weight is 293 g/mol. The maximum Gasteiger partial charge on any atom is 0.112 e. The van der Waals surface area contributed by atoms with Gasteiger partial charge in [-0.05, 0) is 33.6 Å². The van der Waals surface area contributed by atoms with E-state index in [9.17, 15) is 0 Å². The van der Waals surface area contributed by atoms with Crippen LogP contribution in [0.3, 0.4) is 0 Å². The highest BCUT2D eigenvalue weighted by molar-refractivity contribution is 7.09. The number of nitrogens with zero attached hydrogens (tertiary/aromatic N) is 2. The lowest BCUT2D eigenvalue weighted by molar-refractivity contribution is -0.00844. The van der Waals surface area contributed by atoms with Crippen molar-refractivity contribution in [1.29, 1.82) is 0 Å². The number of piperazine rings is 1. The van der Waals surface area contributed by atoms with Crippen molar-refractivity contribution in [3.8, 4) is 0 Å². The molecule has 1 aliphatic heterocycles. The molecular formula is C16H27N3S. The number of thiazole rings is 1. The van der Waals surface area contributed by atoms with Gasteiger partial charge in [-0.25, -0.2) is 4.98 Å². The van der Waals surface area contributed by atoms with Crippen LogP contribution in [0.1, 0.15) is 57.9 Å². The predicted molar refractivity (Wildman–Crippen MR) is 85.1 cm³/mol. The molecule has 2 aliphatic rings. The predicted octanol–water partition coefficient (Wildman–Crippen LogP) is 3.37. The molecule has 4 heteroatoms. The second-order valence-electron chi connectivity index (χ2n) is 7.10. The molecule has 20 heavy (non-hydrogen) atoms. The minimum absolute atomic E-state index is 0.0418. The number of hydrogen-bond acceptors (Lipinski definition) is 4. The van der Waals surface area contributed by atoms with Crippen LogP contribution < -0.4 is 5.32 Å². The Morgan fingerprint density at radius 1 is 1.35 bits per heavy atom. The molecule has 1 aliphatic carbocycles. The summed E-state index contributed by atoms with van der Waals surface area (Å²) in [6.07, 6.45) is 8.79. The maximum absolute atomic E-state index is 4.59. The third-order valence-electron chi connectivity index (χ3n) is 5.26. The lowest BCUT2D eigenvalue weighted by atomic mass is 9.78. The van der Waals surface area contributed by atoms with Gasteiger partial charge in [0.2, 0.25) is 0 Å². The summed E-state index contributed by atoms with van der Waals surface area (Å²) in [5.74, 6) is 0. The van der Waals surface area contributed by atoms with Gasteiger partial charge in [0.25, 0.3) is 0 Å². The molecule has 1 N–H and O–H groups in total. The molecule has 1 unspecified atom stereocenters. The van der Waals surface area contributed by atoms with Gasteiger partial charge in [0.15, 0.2) is 0 Å². The first-order chi connectivity index (χ1) is 9.54. The van der Waals surface area contributed by atoms with Crippen molar-refractivity contribution in [3.63, 3.8) is 0 Å². The van der Waals surface area contributed by atoms with E-state index in [4.69, 9.17) is 0 Å². The molecule has 2 heterocycles. The molecule has 1 aromatic rings. The standard InChI is InChI=1S/C16H27N3S/c1-13-11-18-16(7-5-4-6-8-16)12-19(13)15(2,3)14-17-9-10-20-14/h9-10,13,18H,4-8,11-12H2,1-3H3. The van der Waals surface area contributed by atoms with Gasteiger partial charge in [0.05, 0.1) is 5.54 Å². The van der Waals surface area contributed by atoms with Crippen LogP contribution in [-0.2, 0) is 5.54 Å². The Hall–Kier alpha value is -0.450. The van der Waals surface area contributed by atoms with Gasteiger partial charge in [-0.3, -0.25) is 4.90 Å². The minimum Gasteiger partial charge on any atom is -0.308 e. The molecule has 3 rings (SSSR count). The van der Waals surface area contributed by atoms with Gasteiger partial charge < -0.3 is 5.32 Å². The number of aromatic nitrogens is 1. The summed E-state index contributed by atoms with van der Waals surface area (Å²) in [4.78, 5) is 7.28. The molecule has 0 aromatic carbocycles. The third-order valence-corrected chi connectivity index (χ3v) is 6.35. The first kappa shape index (κ1) is 14.5. The molecular weight excluding hydrogens is 266 g/mol. The van der Waals surface area contributed by atoms with E-state index in [1.165, 1.54) is 43.7 Å². The third kappa shape index (κ3) is 2.53. The summed E-state index contributed by atoms with van der Waals surface area (Å²) in [5, 5.41) is 7.22.